The van der Waals surface area contributed by atoms with Crippen molar-refractivity contribution >= 4 is 55.9 Å². The monoisotopic (exact) mass is 431 g/mol. The highest BCUT2D eigenvalue weighted by atomic mass is 32.1. The molecule has 1 aliphatic heterocycles. The summed E-state index contributed by atoms with van der Waals surface area (Å²) < 4.78 is 0. The minimum Gasteiger partial charge on any atom is -0.274 e. The number of carbonyl (C=O) groups is 2. The molecule has 7 nitrogen and oxygen atoms in total. The molecule has 0 aliphatic carbocycles. The van der Waals surface area contributed by atoms with Crippen molar-refractivity contribution in [1.82, 2.24) is 14.9 Å². The fourth-order valence-electron chi connectivity index (χ4n) is 3.06. The molecule has 0 N–H and O–H groups in total. The molecule has 30 heavy (non-hydrogen) atoms. The van der Waals surface area contributed by atoms with Gasteiger partial charge in [0.25, 0.3) is 11.8 Å². The second-order valence-electron chi connectivity index (χ2n) is 6.36. The van der Waals surface area contributed by atoms with Crippen LogP contribution in [0.2, 0.25) is 0 Å². The Morgan fingerprint density at radius 3 is 2.47 bits per heavy atom. The van der Waals surface area contributed by atoms with E-state index in [1.165, 1.54) is 22.7 Å². The zero-order chi connectivity index (χ0) is 21.4. The number of imide groups is 1. The Kier molecular flexibility index (Phi) is 5.00. The highest BCUT2D eigenvalue weighted by molar-refractivity contribution is 7.28. The summed E-state index contributed by atoms with van der Waals surface area (Å²) in [4.78, 5) is 40.1. The van der Waals surface area contributed by atoms with Gasteiger partial charge in [-0.15, -0.1) is 0 Å². The first-order chi connectivity index (χ1) is 14.5. The van der Waals surface area contributed by atoms with Crippen molar-refractivity contribution in [3.8, 4) is 16.6 Å². The quantitative estimate of drug-likeness (QED) is 0.344. The summed E-state index contributed by atoms with van der Waals surface area (Å²) >= 11 is 2.77. The van der Waals surface area contributed by atoms with Crippen molar-refractivity contribution in [3.63, 3.8) is 0 Å². The van der Waals surface area contributed by atoms with Crippen LogP contribution in [-0.4, -0.2) is 33.2 Å². The molecule has 3 heterocycles. The van der Waals surface area contributed by atoms with Gasteiger partial charge < -0.3 is 0 Å². The van der Waals surface area contributed by atoms with Gasteiger partial charge in [-0.2, -0.15) is 5.26 Å². The number of fused-ring (bicyclic) bond motifs is 1. The number of likely N-dealkylation sites (N-methyl/N-ethyl adjacent to an activating group) is 1. The van der Waals surface area contributed by atoms with Crippen LogP contribution in [0, 0.1) is 17.9 Å². The van der Waals surface area contributed by atoms with Crippen molar-refractivity contribution in [2.75, 3.05) is 6.54 Å². The minimum absolute atomic E-state index is 0.0238. The van der Waals surface area contributed by atoms with Crippen LogP contribution in [0.4, 0.5) is 5.69 Å². The Bertz CT molecular complexity index is 1320. The summed E-state index contributed by atoms with van der Waals surface area (Å²) in [5.74, 6) is -0.985. The van der Waals surface area contributed by atoms with Crippen LogP contribution in [0.3, 0.4) is 0 Å². The van der Waals surface area contributed by atoms with Crippen LogP contribution < -0.4 is 0 Å². The molecule has 3 aromatic rings. The van der Waals surface area contributed by atoms with E-state index in [1.54, 1.807) is 32.1 Å². The summed E-state index contributed by atoms with van der Waals surface area (Å²) in [6, 6.07) is 9.11. The molecular weight excluding hydrogens is 418 g/mol. The Balaban J connectivity index is 1.72. The van der Waals surface area contributed by atoms with E-state index in [0.29, 0.717) is 21.8 Å². The van der Waals surface area contributed by atoms with Gasteiger partial charge in [-0.05, 0) is 25.5 Å². The number of hydrogen-bond donors (Lipinski definition) is 0. The van der Waals surface area contributed by atoms with Crippen LogP contribution in [-0.2, 0) is 9.59 Å². The average molecular weight is 432 g/mol. The van der Waals surface area contributed by atoms with Crippen molar-refractivity contribution in [2.24, 2.45) is 0 Å². The topological polar surface area (TPSA) is 91.3 Å². The summed E-state index contributed by atoms with van der Waals surface area (Å²) in [6.45, 7) is 10.5. The Morgan fingerprint density at radius 1 is 1.17 bits per heavy atom. The fraction of sp³-hybridized carbons (Fsp3) is 0.143. The lowest BCUT2D eigenvalue weighted by Crippen LogP contribution is -2.42. The highest BCUT2D eigenvalue weighted by Gasteiger charge is 2.34. The van der Waals surface area contributed by atoms with Gasteiger partial charge in [0.1, 0.15) is 21.7 Å². The number of carbonyl (C=O) groups excluding carboxylic acids is 2. The van der Waals surface area contributed by atoms with Gasteiger partial charge in [0.2, 0.25) is 0 Å². The van der Waals surface area contributed by atoms with Gasteiger partial charge in [0.05, 0.1) is 6.57 Å². The van der Waals surface area contributed by atoms with Crippen molar-refractivity contribution in [1.29, 1.82) is 5.26 Å². The third kappa shape index (κ3) is 3.20. The maximum Gasteiger partial charge on any atom is 0.271 e. The second-order valence-corrected chi connectivity index (χ2v) is 8.35. The predicted octanol–water partition coefficient (Wildman–Crippen LogP) is 4.58. The van der Waals surface area contributed by atoms with Crippen LogP contribution in [0.5, 0.6) is 0 Å². The third-order valence-corrected chi connectivity index (χ3v) is 6.67. The molecule has 0 saturated heterocycles. The van der Waals surface area contributed by atoms with E-state index >= 15 is 0 Å². The molecule has 1 aliphatic rings. The highest BCUT2D eigenvalue weighted by Crippen LogP contribution is 2.35. The standard InChI is InChI=1S/C21H13N5O2S2/c1-4-26-20(27)14(11(2)15(10-22)21(26)28)9-16-24-18-19(29-16)25-17(30-18)12-5-7-13(23-3)8-6-12/h5-9H,4H2,1-2H3/b14-9-. The predicted molar refractivity (Wildman–Crippen MR) is 116 cm³/mol. The van der Waals surface area contributed by atoms with Crippen molar-refractivity contribution in [3.05, 3.63) is 57.4 Å². The molecule has 0 fully saturated rings. The molecule has 0 radical (unpaired) electrons. The normalized spacial score (nSPS) is 15.7. The molecule has 146 valence electrons. The second kappa shape index (κ2) is 7.64. The molecule has 2 amide bonds. The van der Waals surface area contributed by atoms with E-state index in [2.05, 4.69) is 14.8 Å². The van der Waals surface area contributed by atoms with E-state index < -0.39 is 11.8 Å². The van der Waals surface area contributed by atoms with Gasteiger partial charge in [0, 0.05) is 17.7 Å². The number of benzene rings is 1. The van der Waals surface area contributed by atoms with Crippen LogP contribution in [0.15, 0.2) is 41.0 Å². The lowest BCUT2D eigenvalue weighted by molar-refractivity contribution is -0.140. The summed E-state index contributed by atoms with van der Waals surface area (Å²) in [6.07, 6.45) is 1.62. The molecule has 0 saturated carbocycles. The van der Waals surface area contributed by atoms with E-state index in [0.717, 1.165) is 25.1 Å². The molecule has 0 bridgehead atoms. The number of rotatable bonds is 3. The van der Waals surface area contributed by atoms with Crippen LogP contribution >= 0.6 is 22.7 Å². The van der Waals surface area contributed by atoms with E-state index in [9.17, 15) is 14.9 Å². The first-order valence-corrected chi connectivity index (χ1v) is 10.5. The smallest absolute Gasteiger partial charge is 0.271 e. The lowest BCUT2D eigenvalue weighted by atomic mass is 9.95. The SMILES string of the molecule is [C-]#[N+]c1ccc(-c2nc3sc(/C=C4\C(=O)N(CC)C(=O)C(C#N)=C4C)nc3s2)cc1. The van der Waals surface area contributed by atoms with Gasteiger partial charge >= 0.3 is 0 Å². The zero-order valence-electron chi connectivity index (χ0n) is 16.0. The maximum absolute atomic E-state index is 12.7. The Hall–Kier alpha value is -3.66. The molecule has 9 heteroatoms. The fourth-order valence-corrected chi connectivity index (χ4v) is 5.06. The molecule has 2 aromatic heterocycles. The maximum atomic E-state index is 12.7. The van der Waals surface area contributed by atoms with Gasteiger partial charge in [0.15, 0.2) is 15.3 Å². The zero-order valence-corrected chi connectivity index (χ0v) is 17.6. The van der Waals surface area contributed by atoms with Crippen molar-refractivity contribution in [2.45, 2.75) is 13.8 Å². The third-order valence-electron chi connectivity index (χ3n) is 4.65. The summed E-state index contributed by atoms with van der Waals surface area (Å²) in [5.41, 5.74) is 2.12. The number of aromatic nitrogens is 2. The van der Waals surface area contributed by atoms with Crippen LogP contribution in [0.1, 0.15) is 18.9 Å². The first kappa shape index (κ1) is 19.6. The summed E-state index contributed by atoms with van der Waals surface area (Å²) in [7, 11) is 0. The van der Waals surface area contributed by atoms with Gasteiger partial charge in [-0.1, -0.05) is 46.9 Å². The average Bonchev–Trinajstić information content (AvgIpc) is 3.31. The lowest BCUT2D eigenvalue weighted by Gasteiger charge is -2.25. The van der Waals surface area contributed by atoms with Crippen LogP contribution in [0.25, 0.3) is 31.2 Å². The molecule has 4 rings (SSSR count). The molecule has 0 unspecified atom stereocenters. The number of nitrogens with zero attached hydrogens (tertiary/aromatic N) is 5. The first-order valence-electron chi connectivity index (χ1n) is 8.91. The number of amides is 2. The number of hydrogen-bond acceptors (Lipinski definition) is 7. The molecule has 0 spiro atoms. The minimum atomic E-state index is -0.560. The molecule has 1 aromatic carbocycles. The summed E-state index contributed by atoms with van der Waals surface area (Å²) in [5, 5.41) is 10.7. The Morgan fingerprint density at radius 2 is 1.87 bits per heavy atom. The number of nitriles is 1. The van der Waals surface area contributed by atoms with E-state index in [1.807, 2.05) is 18.2 Å². The Labute approximate surface area is 180 Å². The van der Waals surface area contributed by atoms with Gasteiger partial charge in [-0.25, -0.2) is 14.8 Å². The largest absolute Gasteiger partial charge is 0.274 e. The van der Waals surface area contributed by atoms with E-state index in [-0.39, 0.29) is 12.1 Å². The molecule has 0 atom stereocenters. The number of thiazole rings is 2. The van der Waals surface area contributed by atoms with E-state index in [4.69, 9.17) is 6.57 Å². The van der Waals surface area contributed by atoms with Crippen molar-refractivity contribution < 1.29 is 9.59 Å². The van der Waals surface area contributed by atoms with Gasteiger partial charge in [-0.3, -0.25) is 14.5 Å². The molecular formula is C21H13N5O2S2.